The minimum absolute atomic E-state index is 0.0799. The number of aryl methyl sites for hydroxylation is 2. The molecule has 0 bridgehead atoms. The van der Waals surface area contributed by atoms with E-state index in [1.807, 2.05) is 0 Å². The summed E-state index contributed by atoms with van der Waals surface area (Å²) in [6.07, 6.45) is 0. The summed E-state index contributed by atoms with van der Waals surface area (Å²) in [6.45, 7) is 5.13. The first-order valence-electron chi connectivity index (χ1n) is 6.37. The van der Waals surface area contributed by atoms with E-state index in [9.17, 15) is 12.8 Å². The lowest BCUT2D eigenvalue weighted by molar-refractivity contribution is 0.594. The minimum atomic E-state index is -3.87. The molecule has 4 nitrogen and oxygen atoms in total. The van der Waals surface area contributed by atoms with Gasteiger partial charge in [-0.25, -0.2) is 12.8 Å². The number of nitrogen functional groups attached to an aromatic ring is 1. The summed E-state index contributed by atoms with van der Waals surface area (Å²) in [5.74, 6) is -0.595. The van der Waals surface area contributed by atoms with Crippen LogP contribution in [0.15, 0.2) is 35.2 Å². The zero-order chi connectivity index (χ0) is 15.8. The first-order chi connectivity index (χ1) is 9.72. The molecule has 2 rings (SSSR count). The van der Waals surface area contributed by atoms with E-state index < -0.39 is 15.8 Å². The van der Waals surface area contributed by atoms with Crippen LogP contribution in [0.3, 0.4) is 0 Å². The van der Waals surface area contributed by atoms with Gasteiger partial charge in [-0.1, -0.05) is 12.1 Å². The summed E-state index contributed by atoms with van der Waals surface area (Å²) in [5.41, 5.74) is 8.60. The number of hydrogen-bond donors (Lipinski definition) is 2. The van der Waals surface area contributed by atoms with Crippen molar-refractivity contribution in [2.75, 3.05) is 10.5 Å². The molecule has 0 fully saturated rings. The predicted molar refractivity (Wildman–Crippen MR) is 82.3 cm³/mol. The maximum Gasteiger partial charge on any atom is 0.262 e. The Hall–Kier alpha value is -2.08. The first kappa shape index (κ1) is 15.3. The van der Waals surface area contributed by atoms with Gasteiger partial charge in [-0.05, 0) is 55.7 Å². The Morgan fingerprint density at radius 1 is 1.05 bits per heavy atom. The highest BCUT2D eigenvalue weighted by atomic mass is 32.2. The number of benzene rings is 2. The molecule has 0 amide bonds. The number of hydrogen-bond acceptors (Lipinski definition) is 3. The summed E-state index contributed by atoms with van der Waals surface area (Å²) in [5, 5.41) is 0. The van der Waals surface area contributed by atoms with Gasteiger partial charge in [0, 0.05) is 5.69 Å². The van der Waals surface area contributed by atoms with Crippen LogP contribution in [-0.4, -0.2) is 8.42 Å². The SMILES string of the molecule is Cc1ccc(F)cc1S(=O)(=O)Nc1c(C)ccc(N)c1C. The van der Waals surface area contributed by atoms with Crippen molar-refractivity contribution in [3.05, 3.63) is 52.8 Å². The Bertz CT molecular complexity index is 802. The number of halogens is 1. The summed E-state index contributed by atoms with van der Waals surface area (Å²) in [4.78, 5) is -0.0799. The Labute approximate surface area is 123 Å². The second-order valence-corrected chi connectivity index (χ2v) is 6.64. The second kappa shape index (κ2) is 5.37. The van der Waals surface area contributed by atoms with Crippen LogP contribution >= 0.6 is 0 Å². The van der Waals surface area contributed by atoms with Crippen molar-refractivity contribution < 1.29 is 12.8 Å². The van der Waals surface area contributed by atoms with Crippen molar-refractivity contribution in [2.24, 2.45) is 0 Å². The molecule has 3 N–H and O–H groups in total. The van der Waals surface area contributed by atoms with Crippen LogP contribution in [0.4, 0.5) is 15.8 Å². The Morgan fingerprint density at radius 2 is 1.67 bits per heavy atom. The highest BCUT2D eigenvalue weighted by Crippen LogP contribution is 2.28. The fourth-order valence-electron chi connectivity index (χ4n) is 2.07. The molecular weight excluding hydrogens is 291 g/mol. The zero-order valence-electron chi connectivity index (χ0n) is 12.1. The van der Waals surface area contributed by atoms with Gasteiger partial charge in [-0.2, -0.15) is 0 Å². The lowest BCUT2D eigenvalue weighted by Crippen LogP contribution is -2.16. The highest BCUT2D eigenvalue weighted by Gasteiger charge is 2.20. The fourth-order valence-corrected chi connectivity index (χ4v) is 3.53. The van der Waals surface area contributed by atoms with Gasteiger partial charge in [0.1, 0.15) is 5.82 Å². The van der Waals surface area contributed by atoms with Crippen molar-refractivity contribution in [3.63, 3.8) is 0 Å². The molecule has 0 saturated heterocycles. The standard InChI is InChI=1S/C15H17FN2O2S/c1-9-4-6-12(16)8-14(9)21(19,20)18-15-10(2)5-7-13(17)11(15)3/h4-8,18H,17H2,1-3H3. The Balaban J connectivity index is 2.53. The molecule has 0 aromatic heterocycles. The molecule has 112 valence electrons. The first-order valence-corrected chi connectivity index (χ1v) is 7.85. The van der Waals surface area contributed by atoms with E-state index in [2.05, 4.69) is 4.72 Å². The van der Waals surface area contributed by atoms with Gasteiger partial charge in [0.25, 0.3) is 10.0 Å². The fraction of sp³-hybridized carbons (Fsp3) is 0.200. The minimum Gasteiger partial charge on any atom is -0.398 e. The van der Waals surface area contributed by atoms with Gasteiger partial charge in [-0.15, -0.1) is 0 Å². The molecule has 0 radical (unpaired) electrons. The number of rotatable bonds is 3. The van der Waals surface area contributed by atoms with Gasteiger partial charge in [-0.3, -0.25) is 4.72 Å². The lowest BCUT2D eigenvalue weighted by Gasteiger charge is -2.16. The third kappa shape index (κ3) is 3.00. The molecule has 0 aliphatic rings. The lowest BCUT2D eigenvalue weighted by atomic mass is 10.1. The van der Waals surface area contributed by atoms with Crippen molar-refractivity contribution in [1.82, 2.24) is 0 Å². The Kier molecular flexibility index (Phi) is 3.91. The number of nitrogens with one attached hydrogen (secondary N) is 1. The maximum absolute atomic E-state index is 13.3. The van der Waals surface area contributed by atoms with Gasteiger partial charge >= 0.3 is 0 Å². The van der Waals surface area contributed by atoms with Crippen LogP contribution in [0.1, 0.15) is 16.7 Å². The van der Waals surface area contributed by atoms with Crippen molar-refractivity contribution in [1.29, 1.82) is 0 Å². The Morgan fingerprint density at radius 3 is 2.33 bits per heavy atom. The van der Waals surface area contributed by atoms with Crippen LogP contribution in [-0.2, 0) is 10.0 Å². The van der Waals surface area contributed by atoms with E-state index in [0.717, 1.165) is 11.6 Å². The smallest absolute Gasteiger partial charge is 0.262 e. The summed E-state index contributed by atoms with van der Waals surface area (Å²) in [7, 11) is -3.87. The molecule has 2 aromatic rings. The predicted octanol–water partition coefficient (Wildman–Crippen LogP) is 3.13. The van der Waals surface area contributed by atoms with Crippen LogP contribution < -0.4 is 10.5 Å². The molecular formula is C15H17FN2O2S. The third-order valence-corrected chi connectivity index (χ3v) is 4.88. The van der Waals surface area contributed by atoms with Crippen LogP contribution in [0.5, 0.6) is 0 Å². The second-order valence-electron chi connectivity index (χ2n) is 4.99. The molecule has 0 heterocycles. The number of sulfonamides is 1. The molecule has 0 aliphatic carbocycles. The van der Waals surface area contributed by atoms with Gasteiger partial charge in [0.15, 0.2) is 0 Å². The summed E-state index contributed by atoms with van der Waals surface area (Å²) < 4.78 is 40.8. The van der Waals surface area contributed by atoms with Crippen LogP contribution in [0.25, 0.3) is 0 Å². The molecule has 0 spiro atoms. The quantitative estimate of drug-likeness (QED) is 0.856. The van der Waals surface area contributed by atoms with Crippen LogP contribution in [0, 0.1) is 26.6 Å². The van der Waals surface area contributed by atoms with Crippen molar-refractivity contribution >= 4 is 21.4 Å². The normalized spacial score (nSPS) is 11.4. The molecule has 0 aliphatic heterocycles. The number of anilines is 2. The largest absolute Gasteiger partial charge is 0.398 e. The van der Waals surface area contributed by atoms with E-state index in [-0.39, 0.29) is 4.90 Å². The van der Waals surface area contributed by atoms with Gasteiger partial charge < -0.3 is 5.73 Å². The van der Waals surface area contributed by atoms with Gasteiger partial charge in [0.2, 0.25) is 0 Å². The highest BCUT2D eigenvalue weighted by molar-refractivity contribution is 7.92. The molecule has 0 saturated carbocycles. The average Bonchev–Trinajstić information content (AvgIpc) is 2.42. The van der Waals surface area contributed by atoms with E-state index in [0.29, 0.717) is 22.5 Å². The van der Waals surface area contributed by atoms with Crippen molar-refractivity contribution in [2.45, 2.75) is 25.7 Å². The van der Waals surface area contributed by atoms with Crippen LogP contribution in [0.2, 0.25) is 0 Å². The van der Waals surface area contributed by atoms with E-state index in [4.69, 9.17) is 5.73 Å². The number of nitrogens with two attached hydrogens (primary N) is 1. The molecule has 21 heavy (non-hydrogen) atoms. The third-order valence-electron chi connectivity index (χ3n) is 3.39. The summed E-state index contributed by atoms with van der Waals surface area (Å²) >= 11 is 0. The van der Waals surface area contributed by atoms with E-state index >= 15 is 0 Å². The van der Waals surface area contributed by atoms with Crippen molar-refractivity contribution in [3.8, 4) is 0 Å². The molecule has 2 aromatic carbocycles. The van der Waals surface area contributed by atoms with E-state index in [1.54, 1.807) is 32.9 Å². The monoisotopic (exact) mass is 308 g/mol. The maximum atomic E-state index is 13.3. The van der Waals surface area contributed by atoms with E-state index in [1.165, 1.54) is 12.1 Å². The molecule has 0 atom stereocenters. The van der Waals surface area contributed by atoms with Gasteiger partial charge in [0.05, 0.1) is 10.6 Å². The molecule has 0 unspecified atom stereocenters. The average molecular weight is 308 g/mol. The topological polar surface area (TPSA) is 72.2 Å². The zero-order valence-corrected chi connectivity index (χ0v) is 12.9. The molecule has 6 heteroatoms. The summed E-state index contributed by atoms with van der Waals surface area (Å²) in [6, 6.07) is 7.12.